The molecule has 2 aliphatic carbocycles. The van der Waals surface area contributed by atoms with E-state index in [9.17, 15) is 13.2 Å². The Hall–Kier alpha value is -1.45. The molecule has 0 unspecified atom stereocenters. The molecule has 0 heterocycles. The first-order chi connectivity index (χ1) is 8.94. The van der Waals surface area contributed by atoms with Crippen molar-refractivity contribution < 1.29 is 13.2 Å². The number of sulfone groups is 1. The van der Waals surface area contributed by atoms with Crippen molar-refractivity contribution in [2.24, 2.45) is 4.99 Å². The number of nitrogens with zero attached hydrogens (tertiary/aromatic N) is 1. The molecule has 19 heavy (non-hydrogen) atoms. The van der Waals surface area contributed by atoms with Gasteiger partial charge in [0.25, 0.3) is 0 Å². The Labute approximate surface area is 112 Å². The number of hydrogen-bond donors (Lipinski definition) is 0. The maximum atomic E-state index is 11.8. The Kier molecular flexibility index (Phi) is 2.50. The molecule has 100 valence electrons. The van der Waals surface area contributed by atoms with Gasteiger partial charge in [0.15, 0.2) is 9.84 Å². The van der Waals surface area contributed by atoms with Crippen molar-refractivity contribution >= 4 is 15.9 Å². The zero-order valence-corrected chi connectivity index (χ0v) is 11.5. The van der Waals surface area contributed by atoms with Crippen molar-refractivity contribution in [3.63, 3.8) is 0 Å². The van der Waals surface area contributed by atoms with Gasteiger partial charge in [0.2, 0.25) is 6.08 Å². The van der Waals surface area contributed by atoms with E-state index < -0.39 is 14.6 Å². The summed E-state index contributed by atoms with van der Waals surface area (Å²) < 4.78 is 23.0. The standard InChI is InChI=1S/C14H15NO3S/c1-19(17,18)14(8-9-14)12-4-2-11(3-5-12)13(6-7-13)15-10-16/h2-5H,6-9H2,1H3. The molecule has 0 radical (unpaired) electrons. The van der Waals surface area contributed by atoms with Gasteiger partial charge >= 0.3 is 0 Å². The molecule has 1 aromatic rings. The average Bonchev–Trinajstić information content (AvgIpc) is 3.24. The predicted octanol–water partition coefficient (Wildman–Crippen LogP) is 2.05. The van der Waals surface area contributed by atoms with Crippen LogP contribution in [0.4, 0.5) is 0 Å². The Morgan fingerprint density at radius 1 is 1.05 bits per heavy atom. The SMILES string of the molecule is CS(=O)(=O)C1(c2ccc(C3(N=C=O)CC3)cc2)CC1. The van der Waals surface area contributed by atoms with Crippen LogP contribution in [0.3, 0.4) is 0 Å². The Bertz CT molecular complexity index is 661. The Balaban J connectivity index is 1.95. The van der Waals surface area contributed by atoms with Crippen LogP contribution < -0.4 is 0 Å². The van der Waals surface area contributed by atoms with Crippen LogP contribution in [0.1, 0.15) is 36.8 Å². The van der Waals surface area contributed by atoms with Gasteiger partial charge in [-0.15, -0.1) is 0 Å². The number of rotatable bonds is 4. The van der Waals surface area contributed by atoms with Crippen LogP contribution in [0, 0.1) is 0 Å². The van der Waals surface area contributed by atoms with Gasteiger partial charge in [-0.05, 0) is 36.8 Å². The minimum absolute atomic E-state index is 0.387. The van der Waals surface area contributed by atoms with Gasteiger partial charge in [-0.2, -0.15) is 4.99 Å². The van der Waals surface area contributed by atoms with E-state index in [0.717, 1.165) is 24.0 Å². The van der Waals surface area contributed by atoms with Gasteiger partial charge in [-0.25, -0.2) is 13.2 Å². The van der Waals surface area contributed by atoms with E-state index in [-0.39, 0.29) is 5.54 Å². The van der Waals surface area contributed by atoms with Gasteiger partial charge < -0.3 is 0 Å². The predicted molar refractivity (Wildman–Crippen MR) is 71.2 cm³/mol. The molecule has 0 atom stereocenters. The molecule has 0 N–H and O–H groups in total. The molecule has 2 fully saturated rings. The minimum atomic E-state index is -3.07. The minimum Gasteiger partial charge on any atom is -0.228 e. The van der Waals surface area contributed by atoms with E-state index in [4.69, 9.17) is 0 Å². The van der Waals surface area contributed by atoms with Crippen molar-refractivity contribution in [2.45, 2.75) is 36.0 Å². The van der Waals surface area contributed by atoms with Crippen molar-refractivity contribution in [3.8, 4) is 0 Å². The molecule has 0 aromatic heterocycles. The zero-order chi connectivity index (χ0) is 13.7. The second-order valence-electron chi connectivity index (χ2n) is 5.58. The molecule has 5 heteroatoms. The summed E-state index contributed by atoms with van der Waals surface area (Å²) in [6.45, 7) is 0. The van der Waals surface area contributed by atoms with Crippen LogP contribution in [0.25, 0.3) is 0 Å². The number of benzene rings is 1. The van der Waals surface area contributed by atoms with Crippen LogP contribution >= 0.6 is 0 Å². The fraction of sp³-hybridized carbons (Fsp3) is 0.500. The maximum absolute atomic E-state index is 11.8. The van der Waals surface area contributed by atoms with Gasteiger partial charge in [0.05, 0.1) is 10.3 Å². The molecule has 4 nitrogen and oxygen atoms in total. The summed E-state index contributed by atoms with van der Waals surface area (Å²) >= 11 is 0. The fourth-order valence-corrected chi connectivity index (χ4v) is 4.15. The van der Waals surface area contributed by atoms with Gasteiger partial charge in [0, 0.05) is 6.26 Å². The third kappa shape index (κ3) is 1.85. The lowest BCUT2D eigenvalue weighted by Crippen LogP contribution is -2.19. The van der Waals surface area contributed by atoms with E-state index in [0.29, 0.717) is 12.8 Å². The Morgan fingerprint density at radius 3 is 1.95 bits per heavy atom. The van der Waals surface area contributed by atoms with Crippen molar-refractivity contribution in [1.29, 1.82) is 0 Å². The molecule has 0 amide bonds. The lowest BCUT2D eigenvalue weighted by atomic mass is 10.0. The van der Waals surface area contributed by atoms with Crippen LogP contribution in [0.15, 0.2) is 29.3 Å². The Morgan fingerprint density at radius 2 is 1.58 bits per heavy atom. The summed E-state index contributed by atoms with van der Waals surface area (Å²) in [7, 11) is -3.07. The molecule has 1 aromatic carbocycles. The summed E-state index contributed by atoms with van der Waals surface area (Å²) in [5.41, 5.74) is 1.44. The van der Waals surface area contributed by atoms with Crippen LogP contribution in [0.2, 0.25) is 0 Å². The highest BCUT2D eigenvalue weighted by atomic mass is 32.2. The quantitative estimate of drug-likeness (QED) is 0.625. The third-order valence-electron chi connectivity index (χ3n) is 4.35. The van der Waals surface area contributed by atoms with E-state index >= 15 is 0 Å². The molecular formula is C14H15NO3S. The lowest BCUT2D eigenvalue weighted by Gasteiger charge is -2.15. The summed E-state index contributed by atoms with van der Waals surface area (Å²) in [5, 5.41) is 0. The fourth-order valence-electron chi connectivity index (χ4n) is 2.74. The van der Waals surface area contributed by atoms with Gasteiger partial charge in [-0.1, -0.05) is 24.3 Å². The van der Waals surface area contributed by atoms with Crippen LogP contribution in [-0.4, -0.2) is 20.8 Å². The normalized spacial score (nSPS) is 22.4. The highest BCUT2D eigenvalue weighted by Gasteiger charge is 2.53. The number of isocyanates is 1. The van der Waals surface area contributed by atoms with E-state index in [1.54, 1.807) is 6.08 Å². The van der Waals surface area contributed by atoms with E-state index in [1.807, 2.05) is 24.3 Å². The second kappa shape index (κ2) is 3.78. The zero-order valence-electron chi connectivity index (χ0n) is 10.7. The van der Waals surface area contributed by atoms with Crippen molar-refractivity contribution in [3.05, 3.63) is 35.4 Å². The largest absolute Gasteiger partial charge is 0.235 e. The molecule has 2 saturated carbocycles. The molecule has 0 spiro atoms. The van der Waals surface area contributed by atoms with Crippen LogP contribution in [0.5, 0.6) is 0 Å². The first-order valence-electron chi connectivity index (χ1n) is 6.33. The molecule has 0 bridgehead atoms. The maximum Gasteiger partial charge on any atom is 0.235 e. The topological polar surface area (TPSA) is 63.6 Å². The molecule has 3 rings (SSSR count). The monoisotopic (exact) mass is 277 g/mol. The number of aliphatic imine (C=N–C) groups is 1. The third-order valence-corrected chi connectivity index (χ3v) is 6.41. The smallest absolute Gasteiger partial charge is 0.228 e. The number of carbonyl (C=O) groups excluding carboxylic acids is 1. The van der Waals surface area contributed by atoms with Crippen LogP contribution in [-0.2, 0) is 24.9 Å². The highest BCUT2D eigenvalue weighted by Crippen LogP contribution is 2.54. The highest BCUT2D eigenvalue weighted by molar-refractivity contribution is 7.92. The molecule has 0 aliphatic heterocycles. The number of hydrogen-bond acceptors (Lipinski definition) is 4. The van der Waals surface area contributed by atoms with Crippen molar-refractivity contribution in [1.82, 2.24) is 0 Å². The summed E-state index contributed by atoms with van der Waals surface area (Å²) in [4.78, 5) is 14.3. The van der Waals surface area contributed by atoms with Gasteiger partial charge in [-0.3, -0.25) is 0 Å². The van der Waals surface area contributed by atoms with Crippen molar-refractivity contribution in [2.75, 3.05) is 6.26 Å². The van der Waals surface area contributed by atoms with E-state index in [1.165, 1.54) is 6.26 Å². The first-order valence-corrected chi connectivity index (χ1v) is 8.22. The summed E-state index contributed by atoms with van der Waals surface area (Å²) in [6.07, 6.45) is 6.04. The lowest BCUT2D eigenvalue weighted by molar-refractivity contribution is 0.556. The average molecular weight is 277 g/mol. The summed E-state index contributed by atoms with van der Waals surface area (Å²) in [6, 6.07) is 7.52. The van der Waals surface area contributed by atoms with Gasteiger partial charge in [0.1, 0.15) is 0 Å². The molecule has 0 saturated heterocycles. The van der Waals surface area contributed by atoms with E-state index in [2.05, 4.69) is 4.99 Å². The summed E-state index contributed by atoms with van der Waals surface area (Å²) in [5.74, 6) is 0. The molecule has 2 aliphatic rings. The second-order valence-corrected chi connectivity index (χ2v) is 7.90. The molecular weight excluding hydrogens is 262 g/mol. The first kappa shape index (κ1) is 12.6.